The first-order chi connectivity index (χ1) is 24.4. The van der Waals surface area contributed by atoms with Crippen LogP contribution in [-0.4, -0.2) is 87.3 Å². The van der Waals surface area contributed by atoms with Gasteiger partial charge in [-0.2, -0.15) is 5.26 Å². The first kappa shape index (κ1) is 33.1. The third-order valence-electron chi connectivity index (χ3n) is 9.02. The molecule has 0 spiro atoms. The minimum atomic E-state index is -0.281. The van der Waals surface area contributed by atoms with Crippen molar-refractivity contribution in [1.82, 2.24) is 49.8 Å². The van der Waals surface area contributed by atoms with Crippen LogP contribution < -0.4 is 14.8 Å². The van der Waals surface area contributed by atoms with Crippen molar-refractivity contribution < 1.29 is 18.6 Å². The number of nitrogens with one attached hydrogen (secondary N) is 1. The van der Waals surface area contributed by atoms with Gasteiger partial charge in [0.05, 0.1) is 42.8 Å². The molecule has 1 aromatic carbocycles. The normalized spacial score (nSPS) is 21.7. The van der Waals surface area contributed by atoms with E-state index in [-0.39, 0.29) is 31.0 Å². The van der Waals surface area contributed by atoms with Gasteiger partial charge in [-0.15, -0.1) is 10.2 Å². The molecule has 5 aromatic rings. The van der Waals surface area contributed by atoms with Gasteiger partial charge in [0, 0.05) is 37.1 Å². The van der Waals surface area contributed by atoms with Crippen molar-refractivity contribution in [2.24, 2.45) is 0 Å². The first-order valence-electron chi connectivity index (χ1n) is 16.9. The molecule has 260 valence electrons. The highest BCUT2D eigenvalue weighted by atomic mass is 16.5. The molecule has 0 unspecified atom stereocenters. The number of benzene rings is 1. The third-order valence-corrected chi connectivity index (χ3v) is 9.02. The Bertz CT molecular complexity index is 1850. The molecule has 50 heavy (non-hydrogen) atoms. The molecular formula is C34H40N12O4. The molecule has 0 bridgehead atoms. The van der Waals surface area contributed by atoms with Gasteiger partial charge in [0.15, 0.2) is 6.61 Å². The van der Waals surface area contributed by atoms with E-state index in [2.05, 4.69) is 60.6 Å². The molecule has 0 amide bonds. The monoisotopic (exact) mass is 680 g/mol. The fourth-order valence-electron chi connectivity index (χ4n) is 6.75. The first-order valence-corrected chi connectivity index (χ1v) is 16.9. The number of hydrogen-bond acceptors (Lipinski definition) is 14. The molecule has 16 heteroatoms. The van der Waals surface area contributed by atoms with Gasteiger partial charge in [-0.1, -0.05) is 6.07 Å². The summed E-state index contributed by atoms with van der Waals surface area (Å²) >= 11 is 0. The summed E-state index contributed by atoms with van der Waals surface area (Å²) in [5, 5.41) is 29.0. The maximum Gasteiger partial charge on any atom is 0.257 e. The van der Waals surface area contributed by atoms with Gasteiger partial charge in [0.2, 0.25) is 11.8 Å². The standard InChI is InChI=1S/C34H40N12O4/c1-22-16-44(17-23(2)49-22)28-6-8-29(9-7-28)46-19-30(33(41-46)48-20-32-36-10-11-47-32)40-34-37-14-27(15-38-34)25-4-5-26(13-35)31(12-25)50-24(3)18-45-21-39-42-43-45/h4-5,10-12,14-15,19,21-24,28-29H,6-9,16-18,20H2,1-3H3,(H,37,38,40)/t22-,23+,24-,28?,29?/m0/s1. The van der Waals surface area contributed by atoms with E-state index < -0.39 is 0 Å². The predicted octanol–water partition coefficient (Wildman–Crippen LogP) is 4.57. The lowest BCUT2D eigenvalue weighted by atomic mass is 9.89. The van der Waals surface area contributed by atoms with Crippen molar-refractivity contribution >= 4 is 11.6 Å². The van der Waals surface area contributed by atoms with Crippen molar-refractivity contribution in [2.45, 2.75) is 90.0 Å². The molecule has 1 aliphatic carbocycles. The van der Waals surface area contributed by atoms with Crippen LogP contribution >= 0.6 is 0 Å². The second-order valence-corrected chi connectivity index (χ2v) is 12.9. The van der Waals surface area contributed by atoms with E-state index in [4.69, 9.17) is 23.7 Å². The van der Waals surface area contributed by atoms with Gasteiger partial charge in [-0.3, -0.25) is 9.58 Å². The highest BCUT2D eigenvalue weighted by molar-refractivity contribution is 5.67. The summed E-state index contributed by atoms with van der Waals surface area (Å²) in [5.74, 6) is 1.71. The Labute approximate surface area is 289 Å². The van der Waals surface area contributed by atoms with Gasteiger partial charge < -0.3 is 23.9 Å². The molecule has 5 heterocycles. The van der Waals surface area contributed by atoms with Crippen LogP contribution in [0.25, 0.3) is 11.1 Å². The molecule has 4 aromatic heterocycles. The molecule has 1 saturated heterocycles. The second kappa shape index (κ2) is 15.0. The molecular weight excluding hydrogens is 640 g/mol. The zero-order chi connectivity index (χ0) is 34.5. The van der Waals surface area contributed by atoms with Crippen LogP contribution in [0.3, 0.4) is 0 Å². The number of nitriles is 1. The highest BCUT2D eigenvalue weighted by Crippen LogP contribution is 2.36. The lowest BCUT2D eigenvalue weighted by Crippen LogP contribution is -2.51. The Hall–Kier alpha value is -5.40. The smallest absolute Gasteiger partial charge is 0.257 e. The third kappa shape index (κ3) is 7.90. The maximum absolute atomic E-state index is 9.68. The Morgan fingerprint density at radius 1 is 1.04 bits per heavy atom. The molecule has 1 saturated carbocycles. The van der Waals surface area contributed by atoms with Crippen LogP contribution in [0, 0.1) is 11.3 Å². The summed E-state index contributed by atoms with van der Waals surface area (Å²) in [7, 11) is 0. The Balaban J connectivity index is 1.04. The van der Waals surface area contributed by atoms with E-state index in [1.54, 1.807) is 29.3 Å². The van der Waals surface area contributed by atoms with Crippen LogP contribution in [0.15, 0.2) is 60.0 Å². The van der Waals surface area contributed by atoms with Crippen molar-refractivity contribution in [3.63, 3.8) is 0 Å². The number of tetrazole rings is 1. The highest BCUT2D eigenvalue weighted by Gasteiger charge is 2.32. The van der Waals surface area contributed by atoms with Crippen molar-refractivity contribution in [1.29, 1.82) is 5.26 Å². The van der Waals surface area contributed by atoms with E-state index >= 15 is 0 Å². The zero-order valence-electron chi connectivity index (χ0n) is 28.3. The maximum atomic E-state index is 9.68. The number of morpholine rings is 1. The van der Waals surface area contributed by atoms with Crippen LogP contribution in [0.2, 0.25) is 0 Å². The molecule has 0 radical (unpaired) electrons. The van der Waals surface area contributed by atoms with Crippen LogP contribution in [-0.2, 0) is 17.9 Å². The molecule has 1 N–H and O–H groups in total. The molecule has 2 fully saturated rings. The zero-order valence-corrected chi connectivity index (χ0v) is 28.3. The minimum absolute atomic E-state index is 0.135. The molecule has 1 aliphatic heterocycles. The second-order valence-electron chi connectivity index (χ2n) is 12.9. The minimum Gasteiger partial charge on any atom is -0.487 e. The van der Waals surface area contributed by atoms with Gasteiger partial charge in [-0.25, -0.2) is 19.6 Å². The number of hydrogen-bond donors (Lipinski definition) is 1. The van der Waals surface area contributed by atoms with E-state index in [0.717, 1.165) is 49.9 Å². The number of anilines is 2. The lowest BCUT2D eigenvalue weighted by Gasteiger charge is -2.42. The Morgan fingerprint density at radius 2 is 1.82 bits per heavy atom. The fourth-order valence-corrected chi connectivity index (χ4v) is 6.75. The Morgan fingerprint density at radius 3 is 2.52 bits per heavy atom. The van der Waals surface area contributed by atoms with Gasteiger partial charge in [0.25, 0.3) is 5.88 Å². The Kier molecular flexibility index (Phi) is 9.94. The number of nitrogens with zero attached hydrogens (tertiary/aromatic N) is 11. The number of rotatable bonds is 12. The summed E-state index contributed by atoms with van der Waals surface area (Å²) in [6, 6.07) is 8.38. The van der Waals surface area contributed by atoms with Crippen LogP contribution in [0.4, 0.5) is 11.6 Å². The summed E-state index contributed by atoms with van der Waals surface area (Å²) in [6.07, 6.45) is 14.5. The molecule has 2 aliphatic rings. The van der Waals surface area contributed by atoms with E-state index in [1.165, 1.54) is 12.6 Å². The van der Waals surface area contributed by atoms with E-state index in [1.807, 2.05) is 29.9 Å². The SMILES string of the molecule is C[C@@H]1CN(C2CCC(n3cc(Nc4ncc(-c5ccc(C#N)c(O[C@@H](C)Cn6cnnn6)c5)cn4)c(OCc4ncco4)n3)CC2)C[C@H](C)O1. The lowest BCUT2D eigenvalue weighted by molar-refractivity contribution is -0.0852. The molecule has 16 nitrogen and oxygen atoms in total. The summed E-state index contributed by atoms with van der Waals surface area (Å²) in [6.45, 7) is 8.74. The fraction of sp³-hybridized carbons (Fsp3) is 0.471. The van der Waals surface area contributed by atoms with E-state index in [0.29, 0.717) is 47.3 Å². The van der Waals surface area contributed by atoms with E-state index in [9.17, 15) is 5.26 Å². The topological polar surface area (TPSA) is 180 Å². The van der Waals surface area contributed by atoms with Crippen molar-refractivity contribution in [3.8, 4) is 28.8 Å². The molecule has 3 atom stereocenters. The number of aromatic nitrogens is 9. The van der Waals surface area contributed by atoms with Crippen molar-refractivity contribution in [3.05, 3.63) is 67.0 Å². The summed E-state index contributed by atoms with van der Waals surface area (Å²) < 4.78 is 27.1. The van der Waals surface area contributed by atoms with Gasteiger partial charge >= 0.3 is 0 Å². The average Bonchev–Trinajstić information content (AvgIpc) is 3.91. The van der Waals surface area contributed by atoms with Crippen LogP contribution in [0.1, 0.15) is 64.0 Å². The largest absolute Gasteiger partial charge is 0.487 e. The van der Waals surface area contributed by atoms with Crippen molar-refractivity contribution in [2.75, 3.05) is 18.4 Å². The van der Waals surface area contributed by atoms with Gasteiger partial charge in [-0.05, 0) is 74.6 Å². The predicted molar refractivity (Wildman–Crippen MR) is 179 cm³/mol. The number of oxazole rings is 1. The van der Waals surface area contributed by atoms with Crippen LogP contribution in [0.5, 0.6) is 11.6 Å². The summed E-state index contributed by atoms with van der Waals surface area (Å²) in [5.41, 5.74) is 2.63. The number of ether oxygens (including phenoxy) is 3. The van der Waals surface area contributed by atoms with Gasteiger partial charge in [0.1, 0.15) is 36.2 Å². The quantitative estimate of drug-likeness (QED) is 0.194. The summed E-state index contributed by atoms with van der Waals surface area (Å²) in [4.78, 5) is 15.9. The average molecular weight is 681 g/mol. The molecule has 7 rings (SSSR count).